The lowest BCUT2D eigenvalue weighted by Gasteiger charge is -2.06. The molecule has 3 heterocycles. The van der Waals surface area contributed by atoms with E-state index < -0.39 is 0 Å². The van der Waals surface area contributed by atoms with E-state index in [4.69, 9.17) is 5.10 Å². The Bertz CT molecular complexity index is 816. The first-order valence-corrected chi connectivity index (χ1v) is 8.24. The zero-order chi connectivity index (χ0) is 13.8. The van der Waals surface area contributed by atoms with Gasteiger partial charge in [-0.15, -0.1) is 10.2 Å². The van der Waals surface area contributed by atoms with E-state index in [0.717, 1.165) is 28.8 Å². The van der Waals surface area contributed by atoms with Gasteiger partial charge in [0.05, 0.1) is 0 Å². The molecule has 1 atom stereocenters. The maximum Gasteiger partial charge on any atom is 0.234 e. The summed E-state index contributed by atoms with van der Waals surface area (Å²) in [5, 5.41) is 17.9. The SMILES string of the molecule is c1ccc2c(c1)NCC2Cc1nn2c(C3CC3)nnc2s1. The normalized spacial score (nSPS) is 20.7. The zero-order valence-electron chi connectivity index (χ0n) is 11.5. The molecule has 6 heteroatoms. The van der Waals surface area contributed by atoms with E-state index in [1.807, 2.05) is 4.52 Å². The number of nitrogens with zero attached hydrogens (tertiary/aromatic N) is 4. The molecule has 5 nitrogen and oxygen atoms in total. The van der Waals surface area contributed by atoms with Crippen LogP contribution in [0.1, 0.15) is 41.1 Å². The standard InChI is InChI=1S/C15H15N5S/c1-2-4-12-11(3-1)10(8-16-12)7-13-19-20-14(9-5-6-9)17-18-15(20)21-13/h1-4,9-10,16H,5-8H2. The molecule has 2 aliphatic rings. The van der Waals surface area contributed by atoms with E-state index in [1.54, 1.807) is 11.3 Å². The van der Waals surface area contributed by atoms with Crippen LogP contribution in [0.3, 0.4) is 0 Å². The van der Waals surface area contributed by atoms with Crippen molar-refractivity contribution in [3.63, 3.8) is 0 Å². The van der Waals surface area contributed by atoms with Gasteiger partial charge in [-0.05, 0) is 24.5 Å². The number of benzene rings is 1. The summed E-state index contributed by atoms with van der Waals surface area (Å²) in [5.74, 6) is 2.15. The van der Waals surface area contributed by atoms with Crippen LogP contribution in [0.2, 0.25) is 0 Å². The molecule has 2 aromatic heterocycles. The van der Waals surface area contributed by atoms with Crippen LogP contribution in [0.25, 0.3) is 4.96 Å². The summed E-state index contributed by atoms with van der Waals surface area (Å²) < 4.78 is 1.96. The molecule has 0 radical (unpaired) electrons. The average molecular weight is 297 g/mol. The Morgan fingerprint density at radius 3 is 3.05 bits per heavy atom. The van der Waals surface area contributed by atoms with Gasteiger partial charge in [-0.2, -0.15) is 9.61 Å². The molecule has 0 saturated heterocycles. The smallest absolute Gasteiger partial charge is 0.234 e. The fourth-order valence-corrected chi connectivity index (χ4v) is 4.02. The van der Waals surface area contributed by atoms with Crippen molar-refractivity contribution < 1.29 is 0 Å². The number of hydrogen-bond donors (Lipinski definition) is 1. The highest BCUT2D eigenvalue weighted by Gasteiger charge is 2.30. The van der Waals surface area contributed by atoms with E-state index in [1.165, 1.54) is 24.1 Å². The molecule has 0 amide bonds. The van der Waals surface area contributed by atoms with Gasteiger partial charge in [0.25, 0.3) is 0 Å². The van der Waals surface area contributed by atoms with Crippen molar-refractivity contribution in [3.8, 4) is 0 Å². The Morgan fingerprint density at radius 2 is 2.14 bits per heavy atom. The zero-order valence-corrected chi connectivity index (χ0v) is 12.3. The highest BCUT2D eigenvalue weighted by molar-refractivity contribution is 7.16. The second-order valence-electron chi connectivity index (χ2n) is 5.89. The van der Waals surface area contributed by atoms with Crippen molar-refractivity contribution in [2.24, 2.45) is 0 Å². The minimum atomic E-state index is 0.509. The predicted octanol–water partition coefficient (Wildman–Crippen LogP) is 2.82. The van der Waals surface area contributed by atoms with E-state index in [9.17, 15) is 0 Å². The molecule has 1 aliphatic heterocycles. The maximum absolute atomic E-state index is 4.75. The molecule has 1 aromatic carbocycles. The Kier molecular flexibility index (Phi) is 2.38. The fourth-order valence-electron chi connectivity index (χ4n) is 3.10. The van der Waals surface area contributed by atoms with Gasteiger partial charge in [0.1, 0.15) is 5.01 Å². The molecule has 1 aliphatic carbocycles. The van der Waals surface area contributed by atoms with Gasteiger partial charge in [0.15, 0.2) is 5.82 Å². The van der Waals surface area contributed by atoms with Crippen molar-refractivity contribution in [2.75, 3.05) is 11.9 Å². The lowest BCUT2D eigenvalue weighted by Crippen LogP contribution is -2.06. The van der Waals surface area contributed by atoms with Crippen molar-refractivity contribution in [1.29, 1.82) is 0 Å². The summed E-state index contributed by atoms with van der Waals surface area (Å²) >= 11 is 1.68. The van der Waals surface area contributed by atoms with Crippen LogP contribution in [0.4, 0.5) is 5.69 Å². The number of nitrogens with one attached hydrogen (secondary N) is 1. The maximum atomic E-state index is 4.75. The second-order valence-corrected chi connectivity index (χ2v) is 6.93. The van der Waals surface area contributed by atoms with Crippen LogP contribution in [0.15, 0.2) is 24.3 Å². The highest BCUT2D eigenvalue weighted by atomic mass is 32.1. The summed E-state index contributed by atoms with van der Waals surface area (Å²) in [5.41, 5.74) is 2.68. The van der Waals surface area contributed by atoms with Crippen molar-refractivity contribution >= 4 is 22.0 Å². The molecule has 0 bridgehead atoms. The monoisotopic (exact) mass is 297 g/mol. The number of para-hydroxylation sites is 1. The first-order valence-electron chi connectivity index (χ1n) is 7.42. The molecule has 1 unspecified atom stereocenters. The van der Waals surface area contributed by atoms with E-state index >= 15 is 0 Å². The summed E-state index contributed by atoms with van der Waals surface area (Å²) in [6, 6.07) is 8.57. The molecule has 3 aromatic rings. The van der Waals surface area contributed by atoms with Crippen LogP contribution in [0, 0.1) is 0 Å². The fraction of sp³-hybridized carbons (Fsp3) is 0.400. The van der Waals surface area contributed by atoms with Crippen LogP contribution in [-0.2, 0) is 6.42 Å². The first-order chi connectivity index (χ1) is 10.4. The van der Waals surface area contributed by atoms with Crippen LogP contribution in [0.5, 0.6) is 0 Å². The topological polar surface area (TPSA) is 55.1 Å². The number of rotatable bonds is 3. The summed E-state index contributed by atoms with van der Waals surface area (Å²) in [7, 11) is 0. The van der Waals surface area contributed by atoms with Gasteiger partial charge >= 0.3 is 0 Å². The summed E-state index contributed by atoms with van der Waals surface area (Å²) in [6.07, 6.45) is 3.43. The van der Waals surface area contributed by atoms with E-state index in [2.05, 4.69) is 39.8 Å². The third kappa shape index (κ3) is 1.86. The van der Waals surface area contributed by atoms with E-state index in [0.29, 0.717) is 11.8 Å². The lowest BCUT2D eigenvalue weighted by molar-refractivity contribution is 0.720. The quantitative estimate of drug-likeness (QED) is 0.807. The summed E-state index contributed by atoms with van der Waals surface area (Å²) in [4.78, 5) is 0.936. The average Bonchev–Trinajstić information content (AvgIpc) is 2.97. The molecule has 1 saturated carbocycles. The third-order valence-electron chi connectivity index (χ3n) is 4.36. The van der Waals surface area contributed by atoms with Crippen molar-refractivity contribution in [2.45, 2.75) is 31.1 Å². The number of aromatic nitrogens is 4. The van der Waals surface area contributed by atoms with Gasteiger partial charge in [-0.25, -0.2) is 0 Å². The second kappa shape index (κ2) is 4.27. The first kappa shape index (κ1) is 11.7. The Morgan fingerprint density at radius 1 is 1.24 bits per heavy atom. The Hall–Kier alpha value is -1.95. The predicted molar refractivity (Wildman–Crippen MR) is 82.0 cm³/mol. The third-order valence-corrected chi connectivity index (χ3v) is 5.28. The van der Waals surface area contributed by atoms with Gasteiger partial charge in [0, 0.05) is 30.5 Å². The Labute approximate surface area is 126 Å². The number of hydrogen-bond acceptors (Lipinski definition) is 5. The lowest BCUT2D eigenvalue weighted by atomic mass is 9.98. The Balaban J connectivity index is 1.46. The van der Waals surface area contributed by atoms with Crippen molar-refractivity contribution in [3.05, 3.63) is 40.7 Å². The van der Waals surface area contributed by atoms with Crippen LogP contribution >= 0.6 is 11.3 Å². The molecule has 1 fully saturated rings. The van der Waals surface area contributed by atoms with Crippen molar-refractivity contribution in [1.82, 2.24) is 19.8 Å². The van der Waals surface area contributed by atoms with E-state index in [-0.39, 0.29) is 0 Å². The van der Waals surface area contributed by atoms with Gasteiger partial charge < -0.3 is 5.32 Å². The highest BCUT2D eigenvalue weighted by Crippen LogP contribution is 2.39. The molecular weight excluding hydrogens is 282 g/mol. The molecule has 21 heavy (non-hydrogen) atoms. The molecule has 106 valence electrons. The molecule has 5 rings (SSSR count). The van der Waals surface area contributed by atoms with Crippen LogP contribution < -0.4 is 5.32 Å². The van der Waals surface area contributed by atoms with Crippen LogP contribution in [-0.4, -0.2) is 26.4 Å². The molecular formula is C15H15N5S. The van der Waals surface area contributed by atoms with Gasteiger partial charge in [0.2, 0.25) is 4.96 Å². The minimum Gasteiger partial charge on any atom is -0.384 e. The number of anilines is 1. The molecule has 0 spiro atoms. The van der Waals surface area contributed by atoms with Gasteiger partial charge in [-0.3, -0.25) is 0 Å². The largest absolute Gasteiger partial charge is 0.384 e. The minimum absolute atomic E-state index is 0.509. The number of fused-ring (bicyclic) bond motifs is 2. The van der Waals surface area contributed by atoms with Gasteiger partial charge in [-0.1, -0.05) is 29.5 Å². The summed E-state index contributed by atoms with van der Waals surface area (Å²) in [6.45, 7) is 0.995. The molecule has 1 N–H and O–H groups in total.